The second-order valence-electron chi connectivity index (χ2n) is 4.04. The number of rotatable bonds is 1. The number of aliphatic hydroxyl groups is 1. The summed E-state index contributed by atoms with van der Waals surface area (Å²) in [7, 11) is 3.12. The van der Waals surface area contributed by atoms with E-state index in [9.17, 15) is 5.11 Å². The van der Waals surface area contributed by atoms with Crippen molar-refractivity contribution in [2.45, 2.75) is 18.1 Å². The molecule has 0 bridgehead atoms. The monoisotopic (exact) mass is 238 g/mol. The average Bonchev–Trinajstić information content (AvgIpc) is 2.07. The Bertz CT molecular complexity index is 298. The van der Waals surface area contributed by atoms with Gasteiger partial charge in [-0.15, -0.1) is 5.47 Å². The largest absolute Gasteiger partial charge is 0.513 e. The van der Waals surface area contributed by atoms with E-state index in [1.165, 1.54) is 11.9 Å². The molecule has 0 aromatic heterocycles. The standard InChI is InChI=1S/C9H13B2BrO/c1-11-6-3-5(10)4-2-7(12)8(4)9(6)13/h3-4,7-8,11,13H,2,10H2,1H3/t4-,7?,8?/m0/s1. The molecule has 2 rings (SSSR count). The van der Waals surface area contributed by atoms with E-state index in [1.54, 1.807) is 0 Å². The van der Waals surface area contributed by atoms with Gasteiger partial charge in [0.15, 0.2) is 7.28 Å². The van der Waals surface area contributed by atoms with Gasteiger partial charge in [0.2, 0.25) is 0 Å². The number of allylic oxidation sites excluding steroid dienone is 4. The van der Waals surface area contributed by atoms with Crippen molar-refractivity contribution in [3.05, 3.63) is 22.8 Å². The van der Waals surface area contributed by atoms with Crippen LogP contribution in [0.4, 0.5) is 0 Å². The Labute approximate surface area is 89.1 Å². The number of aliphatic hydroxyl groups excluding tert-OH is 1. The first-order valence-electron chi connectivity index (χ1n) is 4.89. The molecular weight excluding hydrogens is 226 g/mol. The summed E-state index contributed by atoms with van der Waals surface area (Å²) in [6.07, 6.45) is 3.34. The van der Waals surface area contributed by atoms with Gasteiger partial charge in [0.05, 0.1) is 5.76 Å². The van der Waals surface area contributed by atoms with E-state index in [-0.39, 0.29) is 0 Å². The smallest absolute Gasteiger partial charge is 0.158 e. The molecule has 68 valence electrons. The molecule has 0 aromatic carbocycles. The molecule has 1 nitrogen and oxygen atoms in total. The number of halogens is 1. The Balaban J connectivity index is 2.33. The summed E-state index contributed by atoms with van der Waals surface area (Å²) in [6.45, 7) is 2.09. The van der Waals surface area contributed by atoms with Crippen molar-refractivity contribution in [1.29, 1.82) is 0 Å². The van der Waals surface area contributed by atoms with Crippen molar-refractivity contribution >= 4 is 31.1 Å². The van der Waals surface area contributed by atoms with Crippen LogP contribution in [0.1, 0.15) is 6.42 Å². The molecule has 0 radical (unpaired) electrons. The van der Waals surface area contributed by atoms with Gasteiger partial charge in [-0.1, -0.05) is 28.8 Å². The van der Waals surface area contributed by atoms with Gasteiger partial charge >= 0.3 is 0 Å². The van der Waals surface area contributed by atoms with Crippen molar-refractivity contribution in [2.75, 3.05) is 0 Å². The number of fused-ring (bicyclic) bond motifs is 1. The summed E-state index contributed by atoms with van der Waals surface area (Å²) < 4.78 is 0. The second kappa shape index (κ2) is 3.23. The third-order valence-electron chi connectivity index (χ3n) is 3.31. The zero-order valence-electron chi connectivity index (χ0n) is 8.05. The van der Waals surface area contributed by atoms with Crippen molar-refractivity contribution < 1.29 is 5.11 Å². The Morgan fingerprint density at radius 2 is 2.38 bits per heavy atom. The highest BCUT2D eigenvalue weighted by Gasteiger charge is 2.44. The van der Waals surface area contributed by atoms with Crippen LogP contribution in [-0.2, 0) is 0 Å². The minimum atomic E-state index is 0.361. The van der Waals surface area contributed by atoms with Gasteiger partial charge < -0.3 is 5.11 Å². The minimum Gasteiger partial charge on any atom is -0.513 e. The number of alkyl halides is 1. The summed E-state index contributed by atoms with van der Waals surface area (Å²) in [5.74, 6) is 1.59. The van der Waals surface area contributed by atoms with Crippen LogP contribution >= 0.6 is 15.9 Å². The lowest BCUT2D eigenvalue weighted by atomic mass is 9.55. The van der Waals surface area contributed by atoms with Gasteiger partial charge in [-0.2, -0.15) is 0 Å². The Kier molecular flexibility index (Phi) is 2.35. The van der Waals surface area contributed by atoms with E-state index in [2.05, 4.69) is 36.7 Å². The van der Waals surface area contributed by atoms with Crippen LogP contribution in [0.15, 0.2) is 22.8 Å². The van der Waals surface area contributed by atoms with Crippen molar-refractivity contribution in [3.63, 3.8) is 0 Å². The molecule has 0 spiro atoms. The molecule has 2 aliphatic carbocycles. The molecule has 0 amide bonds. The quantitative estimate of drug-likeness (QED) is 0.537. The summed E-state index contributed by atoms with van der Waals surface area (Å²) >= 11 is 3.61. The van der Waals surface area contributed by atoms with Crippen molar-refractivity contribution in [2.24, 2.45) is 11.8 Å². The SMILES string of the molecule is BC1=CC(BC)=C(O)C2C(Br)C[C@@H]12. The van der Waals surface area contributed by atoms with E-state index >= 15 is 0 Å². The average molecular weight is 239 g/mol. The number of hydrogen-bond acceptors (Lipinski definition) is 1. The molecule has 0 heterocycles. The Hall–Kier alpha value is -0.110. The van der Waals surface area contributed by atoms with Gasteiger partial charge in [0.1, 0.15) is 7.85 Å². The van der Waals surface area contributed by atoms with Crippen molar-refractivity contribution in [3.8, 4) is 0 Å². The highest BCUT2D eigenvalue weighted by molar-refractivity contribution is 9.09. The second-order valence-corrected chi connectivity index (χ2v) is 5.21. The molecule has 1 saturated carbocycles. The van der Waals surface area contributed by atoms with E-state index < -0.39 is 0 Å². The van der Waals surface area contributed by atoms with Crippen LogP contribution in [0.2, 0.25) is 6.82 Å². The van der Waals surface area contributed by atoms with Crippen LogP contribution < -0.4 is 0 Å². The molecule has 2 unspecified atom stereocenters. The zero-order chi connectivity index (χ0) is 9.59. The molecule has 0 aliphatic heterocycles. The molecule has 1 N–H and O–H groups in total. The van der Waals surface area contributed by atoms with Gasteiger partial charge in [-0.05, 0) is 17.8 Å². The first kappa shape index (κ1) is 9.45. The molecular formula is C9H13B2BrO. The lowest BCUT2D eigenvalue weighted by molar-refractivity contribution is 0.194. The van der Waals surface area contributed by atoms with Crippen LogP contribution in [-0.4, -0.2) is 25.1 Å². The summed E-state index contributed by atoms with van der Waals surface area (Å²) in [5.41, 5.74) is 2.57. The van der Waals surface area contributed by atoms with E-state index in [4.69, 9.17) is 0 Å². The van der Waals surface area contributed by atoms with Crippen LogP contribution in [0.5, 0.6) is 0 Å². The molecule has 1 fully saturated rings. The Morgan fingerprint density at radius 3 is 2.92 bits per heavy atom. The minimum absolute atomic E-state index is 0.361. The normalized spacial score (nSPS) is 37.7. The fourth-order valence-corrected chi connectivity index (χ4v) is 3.40. The highest BCUT2D eigenvalue weighted by Crippen LogP contribution is 2.49. The van der Waals surface area contributed by atoms with Crippen LogP contribution in [0, 0.1) is 11.8 Å². The fourth-order valence-electron chi connectivity index (χ4n) is 2.38. The van der Waals surface area contributed by atoms with E-state index in [1.807, 2.05) is 0 Å². The van der Waals surface area contributed by atoms with Crippen LogP contribution in [0.25, 0.3) is 0 Å². The summed E-state index contributed by atoms with van der Waals surface area (Å²) in [5, 5.41) is 9.95. The lowest BCUT2D eigenvalue weighted by Gasteiger charge is -2.45. The number of hydrogen-bond donors (Lipinski definition) is 1. The predicted octanol–water partition coefficient (Wildman–Crippen LogP) is 1.17. The molecule has 0 saturated heterocycles. The predicted molar refractivity (Wildman–Crippen MR) is 63.6 cm³/mol. The first-order valence-corrected chi connectivity index (χ1v) is 5.81. The summed E-state index contributed by atoms with van der Waals surface area (Å²) in [4.78, 5) is 0.489. The molecule has 2 aliphatic rings. The zero-order valence-corrected chi connectivity index (χ0v) is 9.63. The fraction of sp³-hybridized carbons (Fsp3) is 0.556. The Morgan fingerprint density at radius 1 is 1.69 bits per heavy atom. The first-order chi connectivity index (χ1) is 6.15. The van der Waals surface area contributed by atoms with Crippen molar-refractivity contribution in [1.82, 2.24) is 0 Å². The highest BCUT2D eigenvalue weighted by atomic mass is 79.9. The third-order valence-corrected chi connectivity index (χ3v) is 4.26. The lowest BCUT2D eigenvalue weighted by Crippen LogP contribution is -2.42. The van der Waals surface area contributed by atoms with E-state index in [0.717, 1.165) is 12.8 Å². The van der Waals surface area contributed by atoms with Gasteiger partial charge in [-0.25, -0.2) is 0 Å². The molecule has 13 heavy (non-hydrogen) atoms. The van der Waals surface area contributed by atoms with Gasteiger partial charge in [0, 0.05) is 10.7 Å². The maximum absolute atomic E-state index is 9.95. The molecule has 0 aromatic rings. The maximum atomic E-state index is 9.95. The molecule has 4 heteroatoms. The maximum Gasteiger partial charge on any atom is 0.158 e. The molecule has 3 atom stereocenters. The van der Waals surface area contributed by atoms with Gasteiger partial charge in [-0.3, -0.25) is 0 Å². The van der Waals surface area contributed by atoms with E-state index in [0.29, 0.717) is 22.4 Å². The van der Waals surface area contributed by atoms with Crippen LogP contribution in [0.3, 0.4) is 0 Å². The van der Waals surface area contributed by atoms with Gasteiger partial charge in [0.25, 0.3) is 0 Å². The third kappa shape index (κ3) is 1.30. The topological polar surface area (TPSA) is 20.2 Å². The summed E-state index contributed by atoms with van der Waals surface area (Å²) in [6, 6.07) is 0.